The first-order valence-corrected chi connectivity index (χ1v) is 7.57. The van der Waals surface area contributed by atoms with E-state index < -0.39 is 11.9 Å². The minimum absolute atomic E-state index is 0.349. The molecular weight excluding hydrogens is 311 g/mol. The number of rotatable bonds is 6. The number of aliphatic imine (C=N–C) groups is 1. The van der Waals surface area contributed by atoms with Crippen LogP contribution < -0.4 is 5.73 Å². The number of aryl methyl sites for hydroxylation is 1. The molecule has 1 atom stereocenters. The molecule has 0 aliphatic rings. The van der Waals surface area contributed by atoms with Crippen molar-refractivity contribution in [2.75, 3.05) is 6.54 Å². The molecule has 0 saturated carbocycles. The lowest BCUT2D eigenvalue weighted by molar-refractivity contribution is 0.213. The topological polar surface area (TPSA) is 96.7 Å². The highest BCUT2D eigenvalue weighted by molar-refractivity contribution is 5.80. The number of hydrogen-bond donors (Lipinski definition) is 3. The van der Waals surface area contributed by atoms with E-state index in [1.165, 1.54) is 35.3 Å². The van der Waals surface area contributed by atoms with E-state index in [9.17, 15) is 14.6 Å². The summed E-state index contributed by atoms with van der Waals surface area (Å²) in [7, 11) is 0. The highest BCUT2D eigenvalue weighted by Gasteiger charge is 2.20. The summed E-state index contributed by atoms with van der Waals surface area (Å²) in [5, 5.41) is 24.5. The molecule has 0 amide bonds. The Morgan fingerprint density at radius 2 is 2.21 bits per heavy atom. The lowest BCUT2D eigenvalue weighted by Gasteiger charge is -2.16. The van der Waals surface area contributed by atoms with Crippen molar-refractivity contribution >= 4 is 6.21 Å². The van der Waals surface area contributed by atoms with Crippen LogP contribution >= 0.6 is 0 Å². The summed E-state index contributed by atoms with van der Waals surface area (Å²) in [5.41, 5.74) is 7.99. The Hall–Kier alpha value is -2.51. The molecule has 1 aromatic heterocycles. The third-order valence-corrected chi connectivity index (χ3v) is 3.51. The predicted octanol–water partition coefficient (Wildman–Crippen LogP) is 1.78. The first-order valence-electron chi connectivity index (χ1n) is 7.57. The van der Waals surface area contributed by atoms with E-state index in [0.29, 0.717) is 34.8 Å². The second kappa shape index (κ2) is 7.85. The Morgan fingerprint density at radius 1 is 1.46 bits per heavy atom. The summed E-state index contributed by atoms with van der Waals surface area (Å²) >= 11 is 0. The highest BCUT2D eigenvalue weighted by atomic mass is 19.1. The van der Waals surface area contributed by atoms with Gasteiger partial charge in [0.25, 0.3) is 0 Å². The van der Waals surface area contributed by atoms with Crippen molar-refractivity contribution in [2.45, 2.75) is 26.6 Å². The number of halogens is 1. The van der Waals surface area contributed by atoms with Crippen LogP contribution in [0.4, 0.5) is 4.39 Å². The predicted molar refractivity (Wildman–Crippen MR) is 90.4 cm³/mol. The zero-order valence-corrected chi connectivity index (χ0v) is 13.6. The van der Waals surface area contributed by atoms with Crippen LogP contribution in [0.15, 0.2) is 41.0 Å². The van der Waals surface area contributed by atoms with Crippen LogP contribution in [0.1, 0.15) is 30.0 Å². The molecule has 4 N–H and O–H groups in total. The Labute approximate surface area is 139 Å². The Balaban J connectivity index is 2.54. The summed E-state index contributed by atoms with van der Waals surface area (Å²) in [6.45, 7) is 3.87. The van der Waals surface area contributed by atoms with Gasteiger partial charge in [0.2, 0.25) is 0 Å². The first kappa shape index (κ1) is 17.8. The zero-order chi connectivity index (χ0) is 17.7. The first-order chi connectivity index (χ1) is 11.5. The molecule has 0 aliphatic heterocycles. The third-order valence-electron chi connectivity index (χ3n) is 3.51. The van der Waals surface area contributed by atoms with Gasteiger partial charge in [0.05, 0.1) is 23.7 Å². The minimum atomic E-state index is -1.05. The van der Waals surface area contributed by atoms with E-state index in [1.54, 1.807) is 13.0 Å². The standard InChI is InChI=1S/C17H21FN4O2/c1-3-20-9-13(8-19)17(24)16-6-11(2)21-22(16)15-5-4-14(18)7-12(15)10-23/h4-9,17,23-24H,3,10,19H2,1-2H3. The number of hydrogen-bond acceptors (Lipinski definition) is 5. The van der Waals surface area contributed by atoms with Crippen LogP contribution in [0.5, 0.6) is 0 Å². The summed E-state index contributed by atoms with van der Waals surface area (Å²) in [4.78, 5) is 4.09. The monoisotopic (exact) mass is 332 g/mol. The van der Waals surface area contributed by atoms with Gasteiger partial charge in [-0.1, -0.05) is 0 Å². The average molecular weight is 332 g/mol. The van der Waals surface area contributed by atoms with Crippen LogP contribution in [0, 0.1) is 12.7 Å². The van der Waals surface area contributed by atoms with Gasteiger partial charge in [-0.2, -0.15) is 5.10 Å². The fourth-order valence-electron chi connectivity index (χ4n) is 2.37. The Kier molecular flexibility index (Phi) is 5.83. The molecule has 1 aromatic carbocycles. The lowest BCUT2D eigenvalue weighted by Crippen LogP contribution is -2.13. The molecule has 0 radical (unpaired) electrons. The molecule has 0 aliphatic carbocycles. The van der Waals surface area contributed by atoms with Crippen molar-refractivity contribution in [3.05, 3.63) is 58.8 Å². The van der Waals surface area contributed by atoms with E-state index in [1.807, 2.05) is 6.92 Å². The second-order valence-corrected chi connectivity index (χ2v) is 5.25. The van der Waals surface area contributed by atoms with Gasteiger partial charge in [-0.15, -0.1) is 0 Å². The van der Waals surface area contributed by atoms with Gasteiger partial charge in [-0.3, -0.25) is 4.99 Å². The molecule has 0 saturated heterocycles. The van der Waals surface area contributed by atoms with Crippen molar-refractivity contribution in [3.8, 4) is 5.69 Å². The third kappa shape index (κ3) is 3.69. The molecule has 7 heteroatoms. The van der Waals surface area contributed by atoms with Crippen LogP contribution in [0.3, 0.4) is 0 Å². The van der Waals surface area contributed by atoms with Crippen LogP contribution in [-0.2, 0) is 6.61 Å². The smallest absolute Gasteiger partial charge is 0.124 e. The van der Waals surface area contributed by atoms with Crippen molar-refractivity contribution in [1.82, 2.24) is 9.78 Å². The van der Waals surface area contributed by atoms with Gasteiger partial charge in [0, 0.05) is 30.1 Å². The number of aliphatic hydroxyl groups excluding tert-OH is 2. The summed E-state index contributed by atoms with van der Waals surface area (Å²) in [5.74, 6) is -0.452. The molecule has 0 spiro atoms. The molecule has 2 rings (SSSR count). The Bertz CT molecular complexity index is 768. The van der Waals surface area contributed by atoms with Gasteiger partial charge in [0.1, 0.15) is 11.9 Å². The summed E-state index contributed by atoms with van der Waals surface area (Å²) < 4.78 is 14.9. The molecule has 128 valence electrons. The van der Waals surface area contributed by atoms with Crippen molar-refractivity contribution in [2.24, 2.45) is 10.7 Å². The molecule has 0 fully saturated rings. The van der Waals surface area contributed by atoms with Gasteiger partial charge in [-0.25, -0.2) is 9.07 Å². The fraction of sp³-hybridized carbons (Fsp3) is 0.294. The van der Waals surface area contributed by atoms with Crippen molar-refractivity contribution < 1.29 is 14.6 Å². The van der Waals surface area contributed by atoms with Crippen LogP contribution in [0.2, 0.25) is 0 Å². The number of benzene rings is 1. The van der Waals surface area contributed by atoms with Gasteiger partial charge < -0.3 is 15.9 Å². The summed E-state index contributed by atoms with van der Waals surface area (Å²) in [6, 6.07) is 5.73. The molecule has 2 aromatic rings. The van der Waals surface area contributed by atoms with E-state index >= 15 is 0 Å². The second-order valence-electron chi connectivity index (χ2n) is 5.25. The largest absolute Gasteiger partial charge is 0.404 e. The van der Waals surface area contributed by atoms with Crippen molar-refractivity contribution in [1.29, 1.82) is 0 Å². The fourth-order valence-corrected chi connectivity index (χ4v) is 2.37. The van der Waals surface area contributed by atoms with E-state index in [4.69, 9.17) is 5.73 Å². The zero-order valence-electron chi connectivity index (χ0n) is 13.6. The molecule has 0 bridgehead atoms. The summed E-state index contributed by atoms with van der Waals surface area (Å²) in [6.07, 6.45) is 1.74. The molecular formula is C17H21FN4O2. The van der Waals surface area contributed by atoms with Gasteiger partial charge >= 0.3 is 0 Å². The number of aliphatic hydroxyl groups is 2. The van der Waals surface area contributed by atoms with Gasteiger partial charge in [-0.05, 0) is 38.1 Å². The minimum Gasteiger partial charge on any atom is -0.404 e. The lowest BCUT2D eigenvalue weighted by atomic mass is 10.1. The quantitative estimate of drug-likeness (QED) is 0.703. The molecule has 1 heterocycles. The maximum atomic E-state index is 13.4. The van der Waals surface area contributed by atoms with E-state index in [0.717, 1.165) is 0 Å². The Morgan fingerprint density at radius 3 is 2.83 bits per heavy atom. The number of nitrogens with two attached hydrogens (primary N) is 1. The number of nitrogens with zero attached hydrogens (tertiary/aromatic N) is 3. The van der Waals surface area contributed by atoms with E-state index in [2.05, 4.69) is 10.1 Å². The SMILES string of the molecule is CCN=CC(=CN)C(O)c1cc(C)nn1-c1ccc(F)cc1CO. The maximum Gasteiger partial charge on any atom is 0.124 e. The molecule has 6 nitrogen and oxygen atoms in total. The molecule has 24 heavy (non-hydrogen) atoms. The van der Waals surface area contributed by atoms with Crippen molar-refractivity contribution in [3.63, 3.8) is 0 Å². The average Bonchev–Trinajstić information content (AvgIpc) is 2.96. The maximum absolute atomic E-state index is 13.4. The van der Waals surface area contributed by atoms with Gasteiger partial charge in [0.15, 0.2) is 0 Å². The highest BCUT2D eigenvalue weighted by Crippen LogP contribution is 2.26. The molecule has 1 unspecified atom stereocenters. The van der Waals surface area contributed by atoms with Crippen LogP contribution in [-0.4, -0.2) is 32.8 Å². The number of aromatic nitrogens is 2. The van der Waals surface area contributed by atoms with E-state index in [-0.39, 0.29) is 6.61 Å². The van der Waals surface area contributed by atoms with Crippen LogP contribution in [0.25, 0.3) is 5.69 Å². The normalized spacial score (nSPS) is 13.6.